The van der Waals surface area contributed by atoms with Gasteiger partial charge in [0.1, 0.15) is 5.82 Å². The van der Waals surface area contributed by atoms with Crippen molar-refractivity contribution in [2.45, 2.75) is 44.6 Å². The molecule has 1 aliphatic carbocycles. The largest absolute Gasteiger partial charge is 0.378 e. The molecule has 0 radical (unpaired) electrons. The highest BCUT2D eigenvalue weighted by Crippen LogP contribution is 2.21. The molecule has 1 fully saturated rings. The van der Waals surface area contributed by atoms with Gasteiger partial charge in [0.15, 0.2) is 5.96 Å². The summed E-state index contributed by atoms with van der Waals surface area (Å²) in [6.07, 6.45) is 9.25. The van der Waals surface area contributed by atoms with E-state index in [0.29, 0.717) is 6.10 Å². The second kappa shape index (κ2) is 9.57. The lowest BCUT2D eigenvalue weighted by Gasteiger charge is -2.13. The third-order valence-corrected chi connectivity index (χ3v) is 4.91. The first-order valence-corrected chi connectivity index (χ1v) is 9.58. The molecule has 0 saturated heterocycles. The molecule has 1 heterocycles. The van der Waals surface area contributed by atoms with Crippen LogP contribution in [-0.4, -0.2) is 43.8 Å². The van der Waals surface area contributed by atoms with E-state index in [-0.39, 0.29) is 5.82 Å². The van der Waals surface area contributed by atoms with Crippen molar-refractivity contribution in [3.63, 3.8) is 0 Å². The van der Waals surface area contributed by atoms with Gasteiger partial charge in [-0.05, 0) is 49.4 Å². The number of fused-ring (bicyclic) bond motifs is 1. The molecule has 1 aliphatic rings. The predicted molar refractivity (Wildman–Crippen MR) is 104 cm³/mol. The van der Waals surface area contributed by atoms with E-state index in [4.69, 9.17) is 4.74 Å². The molecular formula is C20H29FN4O. The Labute approximate surface area is 154 Å². The molecule has 0 amide bonds. The highest BCUT2D eigenvalue weighted by Gasteiger charge is 2.14. The Balaban J connectivity index is 1.35. The van der Waals surface area contributed by atoms with Crippen molar-refractivity contribution < 1.29 is 9.13 Å². The molecule has 6 heteroatoms. The average molecular weight is 360 g/mol. The van der Waals surface area contributed by atoms with Crippen LogP contribution in [0.25, 0.3) is 10.9 Å². The maximum Gasteiger partial charge on any atom is 0.190 e. The minimum Gasteiger partial charge on any atom is -0.378 e. The maximum atomic E-state index is 13.4. The molecule has 3 rings (SSSR count). The van der Waals surface area contributed by atoms with Gasteiger partial charge in [0.2, 0.25) is 0 Å². The van der Waals surface area contributed by atoms with E-state index < -0.39 is 0 Å². The average Bonchev–Trinajstić information content (AvgIpc) is 3.30. The number of H-pyrrole nitrogens is 1. The van der Waals surface area contributed by atoms with Gasteiger partial charge in [-0.3, -0.25) is 4.99 Å². The molecular weight excluding hydrogens is 331 g/mol. The van der Waals surface area contributed by atoms with Gasteiger partial charge in [-0.15, -0.1) is 0 Å². The number of aliphatic imine (C=N–C) groups is 1. The Hall–Kier alpha value is -2.08. The molecule has 142 valence electrons. The smallest absolute Gasteiger partial charge is 0.190 e. The first kappa shape index (κ1) is 18.7. The lowest BCUT2D eigenvalue weighted by atomic mass is 10.1. The molecule has 0 aliphatic heterocycles. The van der Waals surface area contributed by atoms with E-state index in [1.54, 1.807) is 19.2 Å². The van der Waals surface area contributed by atoms with Gasteiger partial charge in [0.05, 0.1) is 6.10 Å². The van der Waals surface area contributed by atoms with Gasteiger partial charge < -0.3 is 20.4 Å². The zero-order valence-electron chi connectivity index (χ0n) is 15.5. The number of aromatic amines is 1. The van der Waals surface area contributed by atoms with Crippen LogP contribution in [-0.2, 0) is 11.2 Å². The standard InChI is InChI=1S/C20H29FN4O/c1-22-20(23-10-4-12-26-17-5-2-3-6-17)24-11-9-15-14-25-19-8-7-16(21)13-18(15)19/h7-8,13-14,17,25H,2-6,9-12H2,1H3,(H2,22,23,24). The van der Waals surface area contributed by atoms with Crippen LogP contribution in [0.3, 0.4) is 0 Å². The van der Waals surface area contributed by atoms with Crippen LogP contribution in [0.5, 0.6) is 0 Å². The van der Waals surface area contributed by atoms with Crippen LogP contribution < -0.4 is 10.6 Å². The Morgan fingerprint density at radius 3 is 2.88 bits per heavy atom. The van der Waals surface area contributed by atoms with Gasteiger partial charge in [-0.25, -0.2) is 4.39 Å². The van der Waals surface area contributed by atoms with Gasteiger partial charge >= 0.3 is 0 Å². The first-order chi connectivity index (χ1) is 12.8. The second-order valence-corrected chi connectivity index (χ2v) is 6.81. The molecule has 0 atom stereocenters. The summed E-state index contributed by atoms with van der Waals surface area (Å²) in [6, 6.07) is 4.83. The number of benzene rings is 1. The van der Waals surface area contributed by atoms with Gasteiger partial charge in [0, 0.05) is 43.8 Å². The van der Waals surface area contributed by atoms with Crippen LogP contribution in [0, 0.1) is 5.82 Å². The third-order valence-electron chi connectivity index (χ3n) is 4.91. The van der Waals surface area contributed by atoms with Crippen molar-refractivity contribution in [2.24, 2.45) is 4.99 Å². The van der Waals surface area contributed by atoms with Crippen LogP contribution in [0.2, 0.25) is 0 Å². The zero-order valence-corrected chi connectivity index (χ0v) is 15.5. The maximum absolute atomic E-state index is 13.4. The number of aromatic nitrogens is 1. The zero-order chi connectivity index (χ0) is 18.2. The molecule has 26 heavy (non-hydrogen) atoms. The van der Waals surface area contributed by atoms with Crippen molar-refractivity contribution in [2.75, 3.05) is 26.7 Å². The Kier molecular flexibility index (Phi) is 6.89. The summed E-state index contributed by atoms with van der Waals surface area (Å²) in [6.45, 7) is 2.38. The van der Waals surface area contributed by atoms with Crippen LogP contribution in [0.1, 0.15) is 37.7 Å². The molecule has 0 unspecified atom stereocenters. The summed E-state index contributed by atoms with van der Waals surface area (Å²) in [5.74, 6) is 0.584. The quantitative estimate of drug-likeness (QED) is 0.384. The summed E-state index contributed by atoms with van der Waals surface area (Å²) in [7, 11) is 1.77. The number of ether oxygens (including phenoxy) is 1. The van der Waals surface area contributed by atoms with E-state index >= 15 is 0 Å². The molecule has 3 N–H and O–H groups in total. The second-order valence-electron chi connectivity index (χ2n) is 6.81. The fourth-order valence-corrected chi connectivity index (χ4v) is 3.48. The fraction of sp³-hybridized carbons (Fsp3) is 0.550. The summed E-state index contributed by atoms with van der Waals surface area (Å²) >= 11 is 0. The highest BCUT2D eigenvalue weighted by atomic mass is 19.1. The highest BCUT2D eigenvalue weighted by molar-refractivity contribution is 5.83. The minimum absolute atomic E-state index is 0.205. The fourth-order valence-electron chi connectivity index (χ4n) is 3.48. The molecule has 2 aromatic rings. The van der Waals surface area contributed by atoms with Crippen molar-refractivity contribution in [3.05, 3.63) is 35.8 Å². The van der Waals surface area contributed by atoms with E-state index in [9.17, 15) is 4.39 Å². The van der Waals surface area contributed by atoms with Gasteiger partial charge in [0.25, 0.3) is 0 Å². The Morgan fingerprint density at radius 1 is 1.27 bits per heavy atom. The number of halogens is 1. The number of rotatable bonds is 8. The SMILES string of the molecule is CN=C(NCCCOC1CCCC1)NCCc1c[nH]c2ccc(F)cc12. The van der Waals surface area contributed by atoms with Crippen LogP contribution >= 0.6 is 0 Å². The Bertz CT molecular complexity index is 722. The van der Waals surface area contributed by atoms with Gasteiger partial charge in [-0.2, -0.15) is 0 Å². The summed E-state index contributed by atoms with van der Waals surface area (Å²) < 4.78 is 19.3. The van der Waals surface area contributed by atoms with Crippen molar-refractivity contribution >= 4 is 16.9 Å². The summed E-state index contributed by atoms with van der Waals surface area (Å²) in [5, 5.41) is 7.57. The van der Waals surface area contributed by atoms with E-state index in [1.807, 2.05) is 6.20 Å². The first-order valence-electron chi connectivity index (χ1n) is 9.58. The van der Waals surface area contributed by atoms with Crippen molar-refractivity contribution in [3.8, 4) is 0 Å². The lowest BCUT2D eigenvalue weighted by molar-refractivity contribution is 0.0574. The monoisotopic (exact) mass is 360 g/mol. The number of nitrogens with zero attached hydrogens (tertiary/aromatic N) is 1. The molecule has 0 bridgehead atoms. The number of guanidine groups is 1. The topological polar surface area (TPSA) is 61.4 Å². The molecule has 0 spiro atoms. The molecule has 1 aromatic carbocycles. The van der Waals surface area contributed by atoms with Crippen LogP contribution in [0.4, 0.5) is 4.39 Å². The summed E-state index contributed by atoms with van der Waals surface area (Å²) in [4.78, 5) is 7.43. The third kappa shape index (κ3) is 5.21. The predicted octanol–water partition coefficient (Wildman–Crippen LogP) is 3.36. The van der Waals surface area contributed by atoms with Gasteiger partial charge in [-0.1, -0.05) is 12.8 Å². The number of hydrogen-bond donors (Lipinski definition) is 3. The minimum atomic E-state index is -0.205. The van der Waals surface area contributed by atoms with Crippen molar-refractivity contribution in [1.82, 2.24) is 15.6 Å². The lowest BCUT2D eigenvalue weighted by Crippen LogP contribution is -2.39. The molecule has 1 saturated carbocycles. The van der Waals surface area contributed by atoms with Crippen molar-refractivity contribution in [1.29, 1.82) is 0 Å². The number of hydrogen-bond acceptors (Lipinski definition) is 2. The van der Waals surface area contributed by atoms with Crippen LogP contribution in [0.15, 0.2) is 29.4 Å². The molecule has 1 aromatic heterocycles. The molecule has 5 nitrogen and oxygen atoms in total. The summed E-state index contributed by atoms with van der Waals surface area (Å²) in [5.41, 5.74) is 2.07. The van der Waals surface area contributed by atoms with E-state index in [1.165, 1.54) is 31.7 Å². The normalized spacial score (nSPS) is 15.7. The van der Waals surface area contributed by atoms with E-state index in [2.05, 4.69) is 20.6 Å². The number of nitrogens with one attached hydrogen (secondary N) is 3. The Morgan fingerprint density at radius 2 is 2.08 bits per heavy atom. The van der Waals surface area contributed by atoms with E-state index in [0.717, 1.165) is 55.0 Å².